The predicted molar refractivity (Wildman–Crippen MR) is 76.4 cm³/mol. The van der Waals surface area contributed by atoms with E-state index in [1.807, 2.05) is 30.3 Å². The third kappa shape index (κ3) is 2.94. The average Bonchev–Trinajstić information content (AvgIpc) is 2.45. The molecule has 0 atom stereocenters. The minimum Gasteiger partial charge on any atom is -0.369 e. The summed E-state index contributed by atoms with van der Waals surface area (Å²) >= 11 is 0. The summed E-state index contributed by atoms with van der Waals surface area (Å²) in [7, 11) is 1.44. The first-order valence-corrected chi connectivity index (χ1v) is 6.01. The molecule has 1 amide bonds. The van der Waals surface area contributed by atoms with Crippen molar-refractivity contribution >= 4 is 17.7 Å². The minimum atomic E-state index is -0.576. The van der Waals surface area contributed by atoms with E-state index in [9.17, 15) is 9.59 Å². The van der Waals surface area contributed by atoms with Crippen LogP contribution in [0.4, 0.5) is 11.8 Å². The molecule has 1 heterocycles. The van der Waals surface area contributed by atoms with Gasteiger partial charge in [0.05, 0.1) is 0 Å². The molecule has 0 aliphatic carbocycles. The van der Waals surface area contributed by atoms with Gasteiger partial charge in [0.1, 0.15) is 11.4 Å². The number of nitrogens with one attached hydrogen (secondary N) is 3. The highest BCUT2D eigenvalue weighted by Gasteiger charge is 2.17. The van der Waals surface area contributed by atoms with Crippen LogP contribution in [0.25, 0.3) is 0 Å². The fraction of sp³-hybridized carbons (Fsp3) is 0.154. The van der Waals surface area contributed by atoms with Crippen molar-refractivity contribution in [3.63, 3.8) is 0 Å². The Bertz CT molecular complexity index is 666. The summed E-state index contributed by atoms with van der Waals surface area (Å²) in [6.07, 6.45) is 0. The van der Waals surface area contributed by atoms with Gasteiger partial charge in [-0.1, -0.05) is 30.3 Å². The topological polar surface area (TPSA) is 113 Å². The number of aromatic nitrogens is 2. The number of hydrogen-bond acceptors (Lipinski definition) is 5. The van der Waals surface area contributed by atoms with E-state index in [0.29, 0.717) is 6.54 Å². The molecule has 1 aromatic heterocycles. The van der Waals surface area contributed by atoms with E-state index in [1.165, 1.54) is 7.05 Å². The van der Waals surface area contributed by atoms with E-state index < -0.39 is 11.5 Å². The van der Waals surface area contributed by atoms with Gasteiger partial charge in [-0.2, -0.15) is 4.98 Å². The third-order valence-corrected chi connectivity index (χ3v) is 2.69. The number of benzene rings is 1. The lowest BCUT2D eigenvalue weighted by atomic mass is 10.2. The fourth-order valence-electron chi connectivity index (χ4n) is 1.74. The number of aromatic amines is 1. The lowest BCUT2D eigenvalue weighted by Crippen LogP contribution is -2.30. The Hall–Kier alpha value is -2.83. The zero-order chi connectivity index (χ0) is 14.5. The molecular weight excluding hydrogens is 258 g/mol. The van der Waals surface area contributed by atoms with Gasteiger partial charge in [-0.3, -0.25) is 14.6 Å². The normalized spacial score (nSPS) is 10.1. The highest BCUT2D eigenvalue weighted by atomic mass is 16.2. The number of carbonyl (C=O) groups excluding carboxylic acids is 1. The third-order valence-electron chi connectivity index (χ3n) is 2.69. The van der Waals surface area contributed by atoms with Gasteiger partial charge in [-0.25, -0.2) is 0 Å². The monoisotopic (exact) mass is 273 g/mol. The average molecular weight is 273 g/mol. The van der Waals surface area contributed by atoms with Crippen molar-refractivity contribution in [2.24, 2.45) is 0 Å². The van der Waals surface area contributed by atoms with Crippen LogP contribution in [0.5, 0.6) is 0 Å². The Labute approximate surface area is 115 Å². The lowest BCUT2D eigenvalue weighted by molar-refractivity contribution is 0.0962. The van der Waals surface area contributed by atoms with Crippen LogP contribution in [0.2, 0.25) is 0 Å². The predicted octanol–water partition coefficient (Wildman–Crippen LogP) is 0.324. The van der Waals surface area contributed by atoms with Crippen molar-refractivity contribution in [3.05, 3.63) is 51.8 Å². The van der Waals surface area contributed by atoms with Gasteiger partial charge in [-0.15, -0.1) is 0 Å². The van der Waals surface area contributed by atoms with Crippen molar-refractivity contribution in [1.82, 2.24) is 15.3 Å². The molecule has 0 fully saturated rings. The zero-order valence-corrected chi connectivity index (χ0v) is 10.9. The molecule has 0 saturated heterocycles. The highest BCUT2D eigenvalue weighted by Crippen LogP contribution is 2.10. The van der Waals surface area contributed by atoms with Gasteiger partial charge in [0.2, 0.25) is 5.95 Å². The van der Waals surface area contributed by atoms with Crippen molar-refractivity contribution < 1.29 is 4.79 Å². The first kappa shape index (κ1) is 13.6. The molecule has 5 N–H and O–H groups in total. The molecule has 2 aromatic rings. The summed E-state index contributed by atoms with van der Waals surface area (Å²) in [5.41, 5.74) is 5.83. The Morgan fingerprint density at radius 2 is 2.05 bits per heavy atom. The summed E-state index contributed by atoms with van der Waals surface area (Å²) < 4.78 is 0. The zero-order valence-electron chi connectivity index (χ0n) is 10.9. The molecule has 104 valence electrons. The van der Waals surface area contributed by atoms with Gasteiger partial charge in [0.25, 0.3) is 11.5 Å². The van der Waals surface area contributed by atoms with Crippen molar-refractivity contribution in [3.8, 4) is 0 Å². The Balaban J connectivity index is 2.31. The molecule has 0 bridgehead atoms. The van der Waals surface area contributed by atoms with Gasteiger partial charge in [0.15, 0.2) is 0 Å². The van der Waals surface area contributed by atoms with Crippen LogP contribution >= 0.6 is 0 Å². The molecule has 0 aliphatic heterocycles. The van der Waals surface area contributed by atoms with Crippen LogP contribution in [0.3, 0.4) is 0 Å². The molecule has 7 nitrogen and oxygen atoms in total. The van der Waals surface area contributed by atoms with Crippen molar-refractivity contribution in [1.29, 1.82) is 0 Å². The van der Waals surface area contributed by atoms with E-state index >= 15 is 0 Å². The summed E-state index contributed by atoms with van der Waals surface area (Å²) in [6.45, 7) is 0.431. The largest absolute Gasteiger partial charge is 0.369 e. The SMILES string of the molecule is CNC(=O)c1c(NCc2ccccc2)nc(N)[nH]c1=O. The van der Waals surface area contributed by atoms with Crippen LogP contribution < -0.4 is 21.9 Å². The maximum Gasteiger partial charge on any atom is 0.267 e. The Morgan fingerprint density at radius 1 is 1.35 bits per heavy atom. The maximum absolute atomic E-state index is 11.8. The van der Waals surface area contributed by atoms with Gasteiger partial charge >= 0.3 is 0 Å². The van der Waals surface area contributed by atoms with E-state index in [2.05, 4.69) is 20.6 Å². The number of hydrogen-bond donors (Lipinski definition) is 4. The molecule has 20 heavy (non-hydrogen) atoms. The Morgan fingerprint density at radius 3 is 2.70 bits per heavy atom. The molecule has 1 aromatic carbocycles. The number of carbonyl (C=O) groups is 1. The number of nitrogen functional groups attached to an aromatic ring is 1. The highest BCUT2D eigenvalue weighted by molar-refractivity contribution is 5.98. The van der Waals surface area contributed by atoms with Gasteiger partial charge in [-0.05, 0) is 5.56 Å². The molecule has 2 rings (SSSR count). The van der Waals surface area contributed by atoms with Gasteiger partial charge in [0, 0.05) is 13.6 Å². The second-order valence-electron chi connectivity index (χ2n) is 4.09. The molecule has 0 spiro atoms. The van der Waals surface area contributed by atoms with Crippen molar-refractivity contribution in [2.45, 2.75) is 6.54 Å². The van der Waals surface area contributed by atoms with Crippen LogP contribution in [-0.4, -0.2) is 22.9 Å². The first-order valence-electron chi connectivity index (χ1n) is 6.01. The number of anilines is 2. The quantitative estimate of drug-likeness (QED) is 0.641. The molecule has 0 aliphatic rings. The molecular formula is C13H15N5O2. The van der Waals surface area contributed by atoms with E-state index in [1.54, 1.807) is 0 Å². The number of nitrogens with zero attached hydrogens (tertiary/aromatic N) is 1. The fourth-order valence-corrected chi connectivity index (χ4v) is 1.74. The number of amides is 1. The van der Waals surface area contributed by atoms with Crippen LogP contribution in [0.15, 0.2) is 35.1 Å². The van der Waals surface area contributed by atoms with Crippen LogP contribution in [0.1, 0.15) is 15.9 Å². The van der Waals surface area contributed by atoms with E-state index in [-0.39, 0.29) is 17.3 Å². The van der Waals surface area contributed by atoms with Crippen LogP contribution in [0, 0.1) is 0 Å². The van der Waals surface area contributed by atoms with Gasteiger partial charge < -0.3 is 16.4 Å². The number of rotatable bonds is 4. The summed E-state index contributed by atoms with van der Waals surface area (Å²) in [5, 5.41) is 5.35. The number of nitrogens with two attached hydrogens (primary N) is 1. The molecule has 0 saturated carbocycles. The minimum absolute atomic E-state index is 0.0433. The van der Waals surface area contributed by atoms with E-state index in [0.717, 1.165) is 5.56 Å². The smallest absolute Gasteiger partial charge is 0.267 e. The van der Waals surface area contributed by atoms with Crippen molar-refractivity contribution in [2.75, 3.05) is 18.1 Å². The number of H-pyrrole nitrogens is 1. The standard InChI is InChI=1S/C13H15N5O2/c1-15-11(19)9-10(17-13(14)18-12(9)20)16-7-8-5-3-2-4-6-8/h2-6H,7H2,1H3,(H,15,19)(H4,14,16,17,18,20). The summed E-state index contributed by atoms with van der Waals surface area (Å²) in [5.74, 6) is -0.401. The van der Waals surface area contributed by atoms with Crippen LogP contribution in [-0.2, 0) is 6.54 Å². The second-order valence-corrected chi connectivity index (χ2v) is 4.09. The molecule has 0 unspecified atom stereocenters. The summed E-state index contributed by atoms with van der Waals surface area (Å²) in [6, 6.07) is 9.54. The molecule has 0 radical (unpaired) electrons. The second kappa shape index (κ2) is 5.87. The first-order chi connectivity index (χ1) is 9.61. The van der Waals surface area contributed by atoms with E-state index in [4.69, 9.17) is 5.73 Å². The summed E-state index contributed by atoms with van der Waals surface area (Å²) in [4.78, 5) is 29.8. The maximum atomic E-state index is 11.8. The Kier molecular flexibility index (Phi) is 3.99. The molecule has 7 heteroatoms. The lowest BCUT2D eigenvalue weighted by Gasteiger charge is -2.10.